The molecule has 1 aromatic heterocycles. The zero-order chi connectivity index (χ0) is 17.7. The van der Waals surface area contributed by atoms with Crippen molar-refractivity contribution < 1.29 is 13.5 Å². The van der Waals surface area contributed by atoms with Crippen LogP contribution in [0, 0.1) is 25.5 Å². The fourth-order valence-electron chi connectivity index (χ4n) is 2.55. The molecule has 1 aromatic carbocycles. The molecule has 0 aliphatic carbocycles. The van der Waals surface area contributed by atoms with Crippen molar-refractivity contribution in [1.29, 1.82) is 0 Å². The van der Waals surface area contributed by atoms with Gasteiger partial charge in [0.05, 0.1) is 11.8 Å². The normalized spacial score (nSPS) is 11.5. The van der Waals surface area contributed by atoms with E-state index in [1.807, 2.05) is 27.7 Å². The first kappa shape index (κ1) is 18.5. The predicted octanol–water partition coefficient (Wildman–Crippen LogP) is 3.67. The van der Waals surface area contributed by atoms with Crippen LogP contribution in [0.4, 0.5) is 8.78 Å². The molecular formula is C18H25F2N3O. The zero-order valence-corrected chi connectivity index (χ0v) is 14.7. The summed E-state index contributed by atoms with van der Waals surface area (Å²) in [5.41, 5.74) is 2.98. The minimum atomic E-state index is -0.619. The third-order valence-electron chi connectivity index (χ3n) is 3.83. The van der Waals surface area contributed by atoms with Crippen LogP contribution >= 0.6 is 0 Å². The summed E-state index contributed by atoms with van der Waals surface area (Å²) in [6, 6.07) is 3.52. The molecule has 0 radical (unpaired) electrons. The van der Waals surface area contributed by atoms with Gasteiger partial charge in [-0.1, -0.05) is 0 Å². The zero-order valence-electron chi connectivity index (χ0n) is 14.7. The van der Waals surface area contributed by atoms with E-state index in [1.54, 1.807) is 0 Å². The van der Waals surface area contributed by atoms with Gasteiger partial charge in [0.2, 0.25) is 0 Å². The third kappa shape index (κ3) is 4.61. The van der Waals surface area contributed by atoms with Crippen molar-refractivity contribution in [3.05, 3.63) is 46.8 Å². The number of rotatable bonds is 8. The standard InChI is InChI=1S/C18H25F2N3O/c1-12(2)24-9-5-8-21-11-16-13(3)22-23(14(16)4)18-7-6-15(19)10-17(18)20/h6-7,10,12,21H,5,8-9,11H2,1-4H3. The minimum absolute atomic E-state index is 0.248. The van der Waals surface area contributed by atoms with Crippen LogP contribution in [-0.2, 0) is 11.3 Å². The van der Waals surface area contributed by atoms with Crippen LogP contribution in [0.3, 0.4) is 0 Å². The van der Waals surface area contributed by atoms with Gasteiger partial charge in [-0.3, -0.25) is 0 Å². The highest BCUT2D eigenvalue weighted by atomic mass is 19.1. The highest BCUT2D eigenvalue weighted by Crippen LogP contribution is 2.20. The predicted molar refractivity (Wildman–Crippen MR) is 90.4 cm³/mol. The van der Waals surface area contributed by atoms with E-state index in [4.69, 9.17) is 4.74 Å². The number of ether oxygens (including phenoxy) is 1. The molecule has 6 heteroatoms. The van der Waals surface area contributed by atoms with E-state index in [0.717, 1.165) is 42.6 Å². The molecule has 0 spiro atoms. The molecule has 24 heavy (non-hydrogen) atoms. The summed E-state index contributed by atoms with van der Waals surface area (Å²) in [5.74, 6) is -1.21. The van der Waals surface area contributed by atoms with Crippen molar-refractivity contribution in [3.63, 3.8) is 0 Å². The van der Waals surface area contributed by atoms with Crippen LogP contribution in [0.1, 0.15) is 37.2 Å². The van der Waals surface area contributed by atoms with Crippen molar-refractivity contribution in [2.45, 2.75) is 46.8 Å². The molecule has 1 N–H and O–H groups in total. The monoisotopic (exact) mass is 337 g/mol. The molecule has 2 rings (SSSR count). The van der Waals surface area contributed by atoms with E-state index < -0.39 is 11.6 Å². The summed E-state index contributed by atoms with van der Waals surface area (Å²) in [4.78, 5) is 0. The Hall–Kier alpha value is -1.79. The fraction of sp³-hybridized carbons (Fsp3) is 0.500. The second kappa shape index (κ2) is 8.35. The molecule has 0 saturated carbocycles. The Kier molecular flexibility index (Phi) is 6.45. The maximum absolute atomic E-state index is 14.0. The summed E-state index contributed by atoms with van der Waals surface area (Å²) in [6.45, 7) is 10.0. The lowest BCUT2D eigenvalue weighted by atomic mass is 10.2. The lowest BCUT2D eigenvalue weighted by Gasteiger charge is -2.09. The Morgan fingerprint density at radius 1 is 1.25 bits per heavy atom. The van der Waals surface area contributed by atoms with Gasteiger partial charge in [0.1, 0.15) is 11.5 Å². The SMILES string of the molecule is Cc1nn(-c2ccc(F)cc2F)c(C)c1CNCCCOC(C)C. The average Bonchev–Trinajstić information content (AvgIpc) is 2.78. The molecule has 0 bridgehead atoms. The second-order valence-corrected chi connectivity index (χ2v) is 6.11. The summed E-state index contributed by atoms with van der Waals surface area (Å²) < 4.78 is 34.1. The van der Waals surface area contributed by atoms with Gasteiger partial charge in [0, 0.05) is 30.5 Å². The summed E-state index contributed by atoms with van der Waals surface area (Å²) in [7, 11) is 0. The topological polar surface area (TPSA) is 39.1 Å². The van der Waals surface area contributed by atoms with E-state index in [2.05, 4.69) is 10.4 Å². The molecule has 0 aliphatic rings. The van der Waals surface area contributed by atoms with Gasteiger partial charge in [-0.2, -0.15) is 5.10 Å². The number of nitrogens with one attached hydrogen (secondary N) is 1. The molecule has 2 aromatic rings. The molecular weight excluding hydrogens is 312 g/mol. The number of hydrogen-bond acceptors (Lipinski definition) is 3. The Morgan fingerprint density at radius 2 is 2.00 bits per heavy atom. The number of hydrogen-bond donors (Lipinski definition) is 1. The highest BCUT2D eigenvalue weighted by Gasteiger charge is 2.15. The summed E-state index contributed by atoms with van der Waals surface area (Å²) in [5, 5.41) is 7.76. The van der Waals surface area contributed by atoms with Crippen molar-refractivity contribution in [1.82, 2.24) is 15.1 Å². The Balaban J connectivity index is 2.01. The Morgan fingerprint density at radius 3 is 2.67 bits per heavy atom. The maximum Gasteiger partial charge on any atom is 0.151 e. The lowest BCUT2D eigenvalue weighted by Crippen LogP contribution is -2.18. The quantitative estimate of drug-likeness (QED) is 0.747. The first-order valence-electron chi connectivity index (χ1n) is 8.23. The van der Waals surface area contributed by atoms with Crippen LogP contribution in [0.15, 0.2) is 18.2 Å². The number of aromatic nitrogens is 2. The van der Waals surface area contributed by atoms with Crippen LogP contribution in [0.2, 0.25) is 0 Å². The van der Waals surface area contributed by atoms with Crippen molar-refractivity contribution in [3.8, 4) is 5.69 Å². The fourth-order valence-corrected chi connectivity index (χ4v) is 2.55. The molecule has 132 valence electrons. The average molecular weight is 337 g/mol. The molecule has 4 nitrogen and oxygen atoms in total. The van der Waals surface area contributed by atoms with Gasteiger partial charge in [0.25, 0.3) is 0 Å². The van der Waals surface area contributed by atoms with Gasteiger partial charge < -0.3 is 10.1 Å². The second-order valence-electron chi connectivity index (χ2n) is 6.11. The van der Waals surface area contributed by atoms with Crippen molar-refractivity contribution >= 4 is 0 Å². The van der Waals surface area contributed by atoms with Crippen LogP contribution in [0.5, 0.6) is 0 Å². The van der Waals surface area contributed by atoms with Crippen molar-refractivity contribution in [2.24, 2.45) is 0 Å². The minimum Gasteiger partial charge on any atom is -0.379 e. The van der Waals surface area contributed by atoms with Crippen LogP contribution in [0.25, 0.3) is 5.69 Å². The van der Waals surface area contributed by atoms with Crippen molar-refractivity contribution in [2.75, 3.05) is 13.2 Å². The molecule has 0 aliphatic heterocycles. The molecule has 0 fully saturated rings. The summed E-state index contributed by atoms with van der Waals surface area (Å²) >= 11 is 0. The van der Waals surface area contributed by atoms with Gasteiger partial charge >= 0.3 is 0 Å². The van der Waals surface area contributed by atoms with E-state index in [-0.39, 0.29) is 11.8 Å². The van der Waals surface area contributed by atoms with Gasteiger partial charge in [-0.05, 0) is 52.8 Å². The maximum atomic E-state index is 14.0. The Labute approximate surface area is 141 Å². The van der Waals surface area contributed by atoms with E-state index in [9.17, 15) is 8.78 Å². The molecule has 1 heterocycles. The number of benzene rings is 1. The number of halogens is 2. The van der Waals surface area contributed by atoms with Gasteiger partial charge in [-0.15, -0.1) is 0 Å². The van der Waals surface area contributed by atoms with Crippen LogP contribution < -0.4 is 5.32 Å². The number of aryl methyl sites for hydroxylation is 1. The Bertz CT molecular complexity index is 683. The highest BCUT2D eigenvalue weighted by molar-refractivity contribution is 5.38. The van der Waals surface area contributed by atoms with Crippen LogP contribution in [-0.4, -0.2) is 29.0 Å². The molecule has 0 amide bonds. The molecule has 0 saturated heterocycles. The number of nitrogens with zero attached hydrogens (tertiary/aromatic N) is 2. The van der Waals surface area contributed by atoms with E-state index >= 15 is 0 Å². The molecule has 0 atom stereocenters. The van der Waals surface area contributed by atoms with Gasteiger partial charge in [-0.25, -0.2) is 13.5 Å². The third-order valence-corrected chi connectivity index (χ3v) is 3.83. The van der Waals surface area contributed by atoms with E-state index in [1.165, 1.54) is 16.8 Å². The smallest absolute Gasteiger partial charge is 0.151 e. The first-order valence-corrected chi connectivity index (χ1v) is 8.23. The largest absolute Gasteiger partial charge is 0.379 e. The van der Waals surface area contributed by atoms with E-state index in [0.29, 0.717) is 6.54 Å². The summed E-state index contributed by atoms with van der Waals surface area (Å²) in [6.07, 6.45) is 1.18. The van der Waals surface area contributed by atoms with Gasteiger partial charge in [0.15, 0.2) is 5.82 Å². The molecule has 0 unspecified atom stereocenters. The lowest BCUT2D eigenvalue weighted by molar-refractivity contribution is 0.0770. The first-order chi connectivity index (χ1) is 11.4.